The smallest absolute Gasteiger partial charge is 0.410 e. The van der Waals surface area contributed by atoms with Crippen LogP contribution in [-0.2, 0) is 6.54 Å². The lowest BCUT2D eigenvalue weighted by Crippen LogP contribution is -2.38. The molecule has 1 aromatic carbocycles. The molecule has 170 valence electrons. The average molecular weight is 438 g/mol. The second kappa shape index (κ2) is 8.61. The predicted molar refractivity (Wildman–Crippen MR) is 112 cm³/mol. The summed E-state index contributed by atoms with van der Waals surface area (Å²) in [5, 5.41) is 7.69. The molecule has 6 nitrogen and oxygen atoms in total. The van der Waals surface area contributed by atoms with Crippen LogP contribution in [-0.4, -0.2) is 47.7 Å². The number of hydrogen-bond donors (Lipinski definition) is 1. The van der Waals surface area contributed by atoms with Gasteiger partial charge >= 0.3 is 6.18 Å². The Labute approximate surface area is 180 Å². The Balaban J connectivity index is 1.61. The third kappa shape index (κ3) is 4.20. The monoisotopic (exact) mass is 438 g/mol. The molecule has 2 aliphatic heterocycles. The summed E-state index contributed by atoms with van der Waals surface area (Å²) in [5.74, 6) is 1.81. The van der Waals surface area contributed by atoms with Crippen LogP contribution in [0.1, 0.15) is 55.9 Å². The first kappa shape index (κ1) is 21.8. The molecule has 0 unspecified atom stereocenters. The lowest BCUT2D eigenvalue weighted by Gasteiger charge is -2.32. The minimum absolute atomic E-state index is 0.00348. The van der Waals surface area contributed by atoms with Crippen LogP contribution in [0, 0.1) is 0 Å². The number of likely N-dealkylation sites (tertiary alicyclic amines) is 1. The Hall–Kier alpha value is -2.42. The highest BCUT2D eigenvalue weighted by Crippen LogP contribution is 2.43. The summed E-state index contributed by atoms with van der Waals surface area (Å²) in [6, 6.07) is 5.72. The van der Waals surface area contributed by atoms with E-state index >= 15 is 0 Å². The molecule has 31 heavy (non-hydrogen) atoms. The van der Waals surface area contributed by atoms with E-state index in [0.717, 1.165) is 29.6 Å². The highest BCUT2D eigenvalue weighted by molar-refractivity contribution is 5.47. The average Bonchev–Trinajstić information content (AvgIpc) is 3.38. The van der Waals surface area contributed by atoms with Gasteiger partial charge in [0.15, 0.2) is 17.5 Å². The molecule has 0 amide bonds. The second-order valence-electron chi connectivity index (χ2n) is 8.22. The summed E-state index contributed by atoms with van der Waals surface area (Å²) >= 11 is 0. The van der Waals surface area contributed by atoms with E-state index in [9.17, 15) is 13.2 Å². The lowest BCUT2D eigenvalue weighted by atomic mass is 10.0. The second-order valence-corrected chi connectivity index (χ2v) is 8.22. The maximum Gasteiger partial charge on any atom is 0.410 e. The zero-order valence-electron chi connectivity index (χ0n) is 18.1. The van der Waals surface area contributed by atoms with Crippen molar-refractivity contribution in [2.45, 2.75) is 63.5 Å². The quantitative estimate of drug-likeness (QED) is 0.693. The van der Waals surface area contributed by atoms with Crippen LogP contribution in [0.5, 0.6) is 11.5 Å². The first-order chi connectivity index (χ1) is 14.9. The number of hydrogen-bond acceptors (Lipinski definition) is 5. The van der Waals surface area contributed by atoms with E-state index in [4.69, 9.17) is 9.47 Å². The molecule has 1 aromatic heterocycles. The van der Waals surface area contributed by atoms with E-state index in [0.29, 0.717) is 36.0 Å². The SMILES string of the molecule is CC[C@@H]1C[C@H](C(F)(F)F)n2nc([C@H]3CCCN3Cc3cccc(OC)c3OC)cc2N1. The number of ether oxygens (including phenoxy) is 2. The Morgan fingerprint density at radius 1 is 1.23 bits per heavy atom. The van der Waals surface area contributed by atoms with Gasteiger partial charge in [-0.15, -0.1) is 0 Å². The minimum atomic E-state index is -4.32. The Kier molecular flexibility index (Phi) is 6.05. The predicted octanol–water partition coefficient (Wildman–Crippen LogP) is 4.94. The molecule has 0 radical (unpaired) electrons. The van der Waals surface area contributed by atoms with Gasteiger partial charge in [0.25, 0.3) is 0 Å². The van der Waals surface area contributed by atoms with Gasteiger partial charge in [0.05, 0.1) is 26.0 Å². The number of methoxy groups -OCH3 is 2. The zero-order valence-corrected chi connectivity index (χ0v) is 18.1. The van der Waals surface area contributed by atoms with Crippen molar-refractivity contribution in [3.63, 3.8) is 0 Å². The van der Waals surface area contributed by atoms with Crippen molar-refractivity contribution in [3.05, 3.63) is 35.5 Å². The molecule has 1 N–H and O–H groups in total. The van der Waals surface area contributed by atoms with Crippen LogP contribution in [0.25, 0.3) is 0 Å². The topological polar surface area (TPSA) is 51.6 Å². The Morgan fingerprint density at radius 2 is 2.03 bits per heavy atom. The van der Waals surface area contributed by atoms with Crippen molar-refractivity contribution in [1.29, 1.82) is 0 Å². The molecule has 1 saturated heterocycles. The molecule has 1 fully saturated rings. The third-order valence-electron chi connectivity index (χ3n) is 6.34. The van der Waals surface area contributed by atoms with Gasteiger partial charge in [-0.2, -0.15) is 18.3 Å². The van der Waals surface area contributed by atoms with Crippen LogP contribution in [0.4, 0.5) is 19.0 Å². The normalized spacial score (nSPS) is 24.0. The van der Waals surface area contributed by atoms with Gasteiger partial charge in [0, 0.05) is 24.2 Å². The fraction of sp³-hybridized carbons (Fsp3) is 0.591. The van der Waals surface area contributed by atoms with Crippen LogP contribution < -0.4 is 14.8 Å². The molecule has 2 aromatic rings. The minimum Gasteiger partial charge on any atom is -0.493 e. The summed E-state index contributed by atoms with van der Waals surface area (Å²) in [4.78, 5) is 2.26. The van der Waals surface area contributed by atoms with Crippen LogP contribution in [0.2, 0.25) is 0 Å². The number of para-hydroxylation sites is 1. The lowest BCUT2D eigenvalue weighted by molar-refractivity contribution is -0.173. The van der Waals surface area contributed by atoms with E-state index < -0.39 is 12.2 Å². The highest BCUT2D eigenvalue weighted by atomic mass is 19.4. The van der Waals surface area contributed by atoms with Gasteiger partial charge in [-0.05, 0) is 38.3 Å². The number of rotatable bonds is 6. The van der Waals surface area contributed by atoms with Crippen molar-refractivity contribution in [3.8, 4) is 11.5 Å². The third-order valence-corrected chi connectivity index (χ3v) is 6.34. The van der Waals surface area contributed by atoms with Gasteiger partial charge in [-0.1, -0.05) is 19.1 Å². The van der Waals surface area contributed by atoms with Gasteiger partial charge < -0.3 is 14.8 Å². The van der Waals surface area contributed by atoms with Gasteiger partial charge in [-0.3, -0.25) is 4.90 Å². The number of halogens is 3. The van der Waals surface area contributed by atoms with Crippen molar-refractivity contribution in [2.75, 3.05) is 26.1 Å². The van der Waals surface area contributed by atoms with Crippen LogP contribution in [0.15, 0.2) is 24.3 Å². The summed E-state index contributed by atoms with van der Waals surface area (Å²) in [6.07, 6.45) is -1.86. The maximum atomic E-state index is 13.7. The number of benzene rings is 1. The van der Waals surface area contributed by atoms with Crippen LogP contribution in [0.3, 0.4) is 0 Å². The number of anilines is 1. The van der Waals surface area contributed by atoms with Crippen molar-refractivity contribution >= 4 is 5.82 Å². The van der Waals surface area contributed by atoms with Crippen LogP contribution >= 0.6 is 0 Å². The molecule has 0 spiro atoms. The first-order valence-electron chi connectivity index (χ1n) is 10.7. The number of nitrogens with one attached hydrogen (secondary N) is 1. The fourth-order valence-electron chi connectivity index (χ4n) is 4.75. The van der Waals surface area contributed by atoms with Crippen molar-refractivity contribution < 1.29 is 22.6 Å². The summed E-state index contributed by atoms with van der Waals surface area (Å²) in [6.45, 7) is 3.36. The molecule has 0 saturated carbocycles. The number of aromatic nitrogens is 2. The molecule has 0 bridgehead atoms. The first-order valence-corrected chi connectivity index (χ1v) is 10.7. The van der Waals surface area contributed by atoms with Gasteiger partial charge in [0.2, 0.25) is 0 Å². The Morgan fingerprint density at radius 3 is 2.71 bits per heavy atom. The van der Waals surface area contributed by atoms with E-state index in [1.807, 2.05) is 25.1 Å². The summed E-state index contributed by atoms with van der Waals surface area (Å²) in [5.41, 5.74) is 1.67. The summed E-state index contributed by atoms with van der Waals surface area (Å²) in [7, 11) is 3.21. The Bertz CT molecular complexity index is 915. The van der Waals surface area contributed by atoms with E-state index in [2.05, 4.69) is 15.3 Å². The fourth-order valence-corrected chi connectivity index (χ4v) is 4.75. The van der Waals surface area contributed by atoms with Gasteiger partial charge in [-0.25, -0.2) is 4.68 Å². The number of alkyl halides is 3. The highest BCUT2D eigenvalue weighted by Gasteiger charge is 2.46. The standard InChI is InChI=1S/C22H29F3N4O2/c1-4-15-11-19(22(23,24)25)29-20(26-15)12-16(27-29)17-8-6-10-28(17)13-14-7-5-9-18(30-2)21(14)31-3/h5,7,9,12,15,17,19,26H,4,6,8,10-11,13H2,1-3H3/t15-,17-,19-/m1/s1. The van der Waals surface area contributed by atoms with E-state index in [-0.39, 0.29) is 18.5 Å². The maximum absolute atomic E-state index is 13.7. The van der Waals surface area contributed by atoms with E-state index in [1.165, 1.54) is 0 Å². The molecule has 9 heteroatoms. The summed E-state index contributed by atoms with van der Waals surface area (Å²) < 4.78 is 53.2. The molecule has 0 aliphatic carbocycles. The molecule has 2 aliphatic rings. The molecular formula is C22H29F3N4O2. The van der Waals surface area contributed by atoms with Gasteiger partial charge in [0.1, 0.15) is 5.82 Å². The zero-order chi connectivity index (χ0) is 22.2. The molecule has 4 rings (SSSR count). The molecule has 3 atom stereocenters. The number of fused-ring (bicyclic) bond motifs is 1. The number of nitrogens with zero attached hydrogens (tertiary/aromatic N) is 3. The van der Waals surface area contributed by atoms with Crippen molar-refractivity contribution in [1.82, 2.24) is 14.7 Å². The van der Waals surface area contributed by atoms with E-state index in [1.54, 1.807) is 20.3 Å². The molecular weight excluding hydrogens is 409 g/mol. The van der Waals surface area contributed by atoms with Crippen molar-refractivity contribution in [2.24, 2.45) is 0 Å². The molecule has 3 heterocycles. The largest absolute Gasteiger partial charge is 0.493 e.